The quantitative estimate of drug-likeness (QED) is 0.617. The second-order valence-electron chi connectivity index (χ2n) is 2.80. The van der Waals surface area contributed by atoms with Crippen LogP contribution in [0.5, 0.6) is 0 Å². The summed E-state index contributed by atoms with van der Waals surface area (Å²) in [6.07, 6.45) is 3.43. The summed E-state index contributed by atoms with van der Waals surface area (Å²) in [4.78, 5) is 13.1. The van der Waals surface area contributed by atoms with Crippen LogP contribution in [-0.2, 0) is 4.74 Å². The van der Waals surface area contributed by atoms with Crippen LogP contribution >= 0.6 is 15.9 Å². The maximum Gasteiger partial charge on any atom is 0.338 e. The lowest BCUT2D eigenvalue weighted by atomic mass is 10.1. The lowest BCUT2D eigenvalue weighted by Crippen LogP contribution is -2.04. The average molecular weight is 267 g/mol. The number of benzene rings is 1. The van der Waals surface area contributed by atoms with Gasteiger partial charge < -0.3 is 4.74 Å². The van der Waals surface area contributed by atoms with E-state index in [0.29, 0.717) is 5.56 Å². The second-order valence-corrected chi connectivity index (χ2v) is 3.33. The van der Waals surface area contributed by atoms with E-state index in [1.54, 1.807) is 23.2 Å². The fraction of sp³-hybridized carbons (Fsp3) is 0.0833. The van der Waals surface area contributed by atoms with E-state index in [1.807, 2.05) is 18.2 Å². The molecule has 0 atom stereocenters. The molecule has 2 nitrogen and oxygen atoms in total. The van der Waals surface area contributed by atoms with E-state index in [4.69, 9.17) is 4.74 Å². The van der Waals surface area contributed by atoms with Gasteiger partial charge in [-0.15, -0.1) is 0 Å². The van der Waals surface area contributed by atoms with Crippen LogP contribution in [0.2, 0.25) is 0 Å². The molecule has 0 aromatic heterocycles. The van der Waals surface area contributed by atoms with Gasteiger partial charge in [-0.1, -0.05) is 40.7 Å². The lowest BCUT2D eigenvalue weighted by molar-refractivity contribution is 0.0550. The largest absolute Gasteiger partial charge is 0.458 e. The first-order chi connectivity index (χ1) is 7.27. The van der Waals surface area contributed by atoms with E-state index in [9.17, 15) is 4.79 Å². The zero-order valence-corrected chi connectivity index (χ0v) is 9.74. The Labute approximate surface area is 97.4 Å². The van der Waals surface area contributed by atoms with Gasteiger partial charge in [0.2, 0.25) is 0 Å². The molecule has 0 saturated carbocycles. The standard InChI is InChI=1S/C12H11BrO2/c1-2-9-15-12(14)11-5-3-10(4-6-11)7-8-13/h2-8H,1,9H2/b8-7-. The molecule has 0 bridgehead atoms. The normalized spacial score (nSPS) is 10.2. The Balaban J connectivity index is 2.70. The number of ether oxygens (including phenoxy) is 1. The van der Waals surface area contributed by atoms with Crippen LogP contribution in [0.3, 0.4) is 0 Å². The average Bonchev–Trinajstić information content (AvgIpc) is 2.27. The molecule has 1 aromatic carbocycles. The summed E-state index contributed by atoms with van der Waals surface area (Å²) in [6, 6.07) is 7.16. The van der Waals surface area contributed by atoms with Crippen molar-refractivity contribution in [3.63, 3.8) is 0 Å². The summed E-state index contributed by atoms with van der Waals surface area (Å²) in [6.45, 7) is 3.71. The first kappa shape index (κ1) is 11.7. The third kappa shape index (κ3) is 3.72. The Morgan fingerprint density at radius 1 is 1.40 bits per heavy atom. The Hall–Kier alpha value is -1.35. The SMILES string of the molecule is C=CCOC(=O)c1ccc(/C=C\Br)cc1. The van der Waals surface area contributed by atoms with Crippen molar-refractivity contribution in [3.05, 3.63) is 53.0 Å². The molecule has 1 aromatic rings. The van der Waals surface area contributed by atoms with Crippen molar-refractivity contribution in [1.82, 2.24) is 0 Å². The number of hydrogen-bond acceptors (Lipinski definition) is 2. The minimum absolute atomic E-state index is 0.238. The van der Waals surface area contributed by atoms with Gasteiger partial charge in [0.25, 0.3) is 0 Å². The van der Waals surface area contributed by atoms with Crippen LogP contribution < -0.4 is 0 Å². The van der Waals surface area contributed by atoms with Crippen molar-refractivity contribution in [2.75, 3.05) is 6.61 Å². The molecule has 0 saturated heterocycles. The Morgan fingerprint density at radius 2 is 2.07 bits per heavy atom. The van der Waals surface area contributed by atoms with Gasteiger partial charge in [0.05, 0.1) is 5.56 Å². The second kappa shape index (κ2) is 6.19. The molecule has 0 heterocycles. The van der Waals surface area contributed by atoms with E-state index < -0.39 is 0 Å². The van der Waals surface area contributed by atoms with Crippen molar-refractivity contribution in [3.8, 4) is 0 Å². The zero-order valence-electron chi connectivity index (χ0n) is 8.15. The van der Waals surface area contributed by atoms with Gasteiger partial charge in [-0.2, -0.15) is 0 Å². The van der Waals surface area contributed by atoms with Crippen LogP contribution in [0.15, 0.2) is 41.9 Å². The monoisotopic (exact) mass is 266 g/mol. The third-order valence-electron chi connectivity index (χ3n) is 1.73. The number of esters is 1. The number of hydrogen-bond donors (Lipinski definition) is 0. The van der Waals surface area contributed by atoms with Crippen LogP contribution in [-0.4, -0.2) is 12.6 Å². The van der Waals surface area contributed by atoms with Crippen molar-refractivity contribution < 1.29 is 9.53 Å². The van der Waals surface area contributed by atoms with E-state index in [2.05, 4.69) is 22.5 Å². The van der Waals surface area contributed by atoms with Crippen LogP contribution in [0.25, 0.3) is 6.08 Å². The minimum atomic E-state index is -0.329. The first-order valence-corrected chi connectivity index (χ1v) is 5.34. The highest BCUT2D eigenvalue weighted by Gasteiger charge is 2.04. The molecule has 0 N–H and O–H groups in total. The lowest BCUT2D eigenvalue weighted by Gasteiger charge is -2.01. The fourth-order valence-electron chi connectivity index (χ4n) is 1.02. The molecule has 78 valence electrons. The van der Waals surface area contributed by atoms with Crippen molar-refractivity contribution in [2.45, 2.75) is 0 Å². The molecule has 0 radical (unpaired) electrons. The Bertz CT molecular complexity index is 366. The molecule has 15 heavy (non-hydrogen) atoms. The van der Waals surface area contributed by atoms with Crippen LogP contribution in [0.4, 0.5) is 0 Å². The van der Waals surface area contributed by atoms with Gasteiger partial charge in [0.15, 0.2) is 0 Å². The molecule has 0 fully saturated rings. The first-order valence-electron chi connectivity index (χ1n) is 4.43. The molecule has 0 unspecified atom stereocenters. The highest BCUT2D eigenvalue weighted by atomic mass is 79.9. The molecule has 1 rings (SSSR count). The van der Waals surface area contributed by atoms with Gasteiger partial charge in [0.1, 0.15) is 6.61 Å². The van der Waals surface area contributed by atoms with E-state index in [1.165, 1.54) is 0 Å². The predicted molar refractivity (Wildman–Crippen MR) is 64.9 cm³/mol. The van der Waals surface area contributed by atoms with Crippen LogP contribution in [0.1, 0.15) is 15.9 Å². The smallest absolute Gasteiger partial charge is 0.338 e. The van der Waals surface area contributed by atoms with Crippen LogP contribution in [0, 0.1) is 0 Å². The molecular formula is C12H11BrO2. The maximum atomic E-state index is 11.4. The van der Waals surface area contributed by atoms with Crippen molar-refractivity contribution in [1.29, 1.82) is 0 Å². The highest BCUT2D eigenvalue weighted by molar-refractivity contribution is 9.11. The third-order valence-corrected chi connectivity index (χ3v) is 2.00. The van der Waals surface area contributed by atoms with Gasteiger partial charge in [-0.05, 0) is 28.8 Å². The molecule has 0 amide bonds. The predicted octanol–water partition coefficient (Wildman–Crippen LogP) is 3.40. The van der Waals surface area contributed by atoms with Gasteiger partial charge in [-0.3, -0.25) is 0 Å². The molecule has 0 aliphatic heterocycles. The fourth-order valence-corrected chi connectivity index (χ4v) is 1.33. The number of halogens is 1. The van der Waals surface area contributed by atoms with E-state index in [-0.39, 0.29) is 12.6 Å². The molecule has 0 aliphatic rings. The Morgan fingerprint density at radius 3 is 2.60 bits per heavy atom. The van der Waals surface area contributed by atoms with E-state index >= 15 is 0 Å². The highest BCUT2D eigenvalue weighted by Crippen LogP contribution is 2.08. The summed E-state index contributed by atoms with van der Waals surface area (Å²) >= 11 is 3.18. The summed E-state index contributed by atoms with van der Waals surface area (Å²) in [5.74, 6) is -0.329. The summed E-state index contributed by atoms with van der Waals surface area (Å²) in [5, 5.41) is 0. The molecular weight excluding hydrogens is 256 g/mol. The van der Waals surface area contributed by atoms with Gasteiger partial charge in [0, 0.05) is 0 Å². The zero-order chi connectivity index (χ0) is 11.1. The van der Waals surface area contributed by atoms with Gasteiger partial charge >= 0.3 is 5.97 Å². The topological polar surface area (TPSA) is 26.3 Å². The number of carbonyl (C=O) groups is 1. The van der Waals surface area contributed by atoms with Crippen molar-refractivity contribution >= 4 is 28.0 Å². The molecule has 0 aliphatic carbocycles. The summed E-state index contributed by atoms with van der Waals surface area (Å²) < 4.78 is 4.89. The Kier molecular flexibility index (Phi) is 4.84. The maximum absolute atomic E-state index is 11.4. The molecule has 3 heteroatoms. The molecule has 0 spiro atoms. The minimum Gasteiger partial charge on any atom is -0.458 e. The number of rotatable bonds is 4. The number of carbonyl (C=O) groups excluding carboxylic acids is 1. The van der Waals surface area contributed by atoms with Gasteiger partial charge in [-0.25, -0.2) is 4.79 Å². The summed E-state index contributed by atoms with van der Waals surface area (Å²) in [7, 11) is 0. The van der Waals surface area contributed by atoms with E-state index in [0.717, 1.165) is 5.56 Å². The van der Waals surface area contributed by atoms with Crippen molar-refractivity contribution in [2.24, 2.45) is 0 Å². The summed E-state index contributed by atoms with van der Waals surface area (Å²) in [5.41, 5.74) is 1.57.